The Balaban J connectivity index is 1.46. The van der Waals surface area contributed by atoms with Crippen molar-refractivity contribution in [1.82, 2.24) is 24.8 Å². The third-order valence-corrected chi connectivity index (χ3v) is 8.78. The number of anilines is 1. The van der Waals surface area contributed by atoms with Gasteiger partial charge in [0, 0.05) is 55.8 Å². The number of rotatable bonds is 7. The molecule has 1 amide bonds. The topological polar surface area (TPSA) is 98.5 Å². The Kier molecular flexibility index (Phi) is 8.67. The van der Waals surface area contributed by atoms with Crippen molar-refractivity contribution >= 4 is 45.0 Å². The summed E-state index contributed by atoms with van der Waals surface area (Å²) in [4.78, 5) is 30.6. The van der Waals surface area contributed by atoms with E-state index in [2.05, 4.69) is 21.5 Å². The molecule has 0 aliphatic carbocycles. The summed E-state index contributed by atoms with van der Waals surface area (Å²) < 4.78 is 65.3. The molecule has 2 aromatic carbocycles. The van der Waals surface area contributed by atoms with E-state index in [-0.39, 0.29) is 83.6 Å². The van der Waals surface area contributed by atoms with Crippen LogP contribution in [-0.4, -0.2) is 89.3 Å². The van der Waals surface area contributed by atoms with Gasteiger partial charge in [0.05, 0.1) is 35.5 Å². The first-order valence-electron chi connectivity index (χ1n) is 14.5. The number of hydrogen-bond donors (Lipinski definition) is 0. The number of hydrogen-bond acceptors (Lipinski definition) is 8. The molecule has 2 aliphatic rings. The van der Waals surface area contributed by atoms with Crippen molar-refractivity contribution in [2.24, 2.45) is 5.92 Å². The normalized spacial score (nSPS) is 20.3. The van der Waals surface area contributed by atoms with E-state index in [0.717, 1.165) is 0 Å². The highest BCUT2D eigenvalue weighted by Crippen LogP contribution is 2.38. The second-order valence-corrected chi connectivity index (χ2v) is 11.8. The fraction of sp³-hybridized carbons (Fsp3) is 0.344. The van der Waals surface area contributed by atoms with Crippen molar-refractivity contribution in [3.05, 3.63) is 65.6 Å². The molecule has 4 aromatic rings. The molecule has 9 nitrogen and oxygen atoms in total. The molecule has 3 atom stereocenters. The molecule has 2 saturated heterocycles. The Hall–Kier alpha value is -4.54. The van der Waals surface area contributed by atoms with E-state index in [9.17, 15) is 23.2 Å². The maximum Gasteiger partial charge on any atom is 0.319 e. The fourth-order valence-corrected chi connectivity index (χ4v) is 6.42. The number of pyridine rings is 1. The van der Waals surface area contributed by atoms with Gasteiger partial charge < -0.3 is 19.4 Å². The van der Waals surface area contributed by atoms with E-state index < -0.39 is 41.5 Å². The number of aromatic nitrogens is 3. The Morgan fingerprint density at radius 1 is 1.17 bits per heavy atom. The average molecular weight is 654 g/mol. The maximum atomic E-state index is 16.6. The first kappa shape index (κ1) is 31.4. The number of ether oxygens (including phenoxy) is 1. The van der Waals surface area contributed by atoms with E-state index >= 15 is 4.39 Å². The van der Waals surface area contributed by atoms with E-state index in [1.54, 1.807) is 30.1 Å². The molecule has 2 aromatic heterocycles. The minimum absolute atomic E-state index is 0.0296. The van der Waals surface area contributed by atoms with E-state index in [4.69, 9.17) is 16.3 Å². The Labute approximate surface area is 266 Å². The summed E-state index contributed by atoms with van der Waals surface area (Å²) in [5.74, 6) is -3.83. The molecule has 46 heavy (non-hydrogen) atoms. The van der Waals surface area contributed by atoms with Crippen LogP contribution < -0.4 is 9.64 Å². The number of alkyl halides is 1. The third kappa shape index (κ3) is 5.78. The maximum absolute atomic E-state index is 16.6. The van der Waals surface area contributed by atoms with Gasteiger partial charge in [0.25, 0.3) is 5.91 Å². The van der Waals surface area contributed by atoms with Gasteiger partial charge in [-0.3, -0.25) is 9.78 Å². The van der Waals surface area contributed by atoms with E-state index in [0.29, 0.717) is 11.9 Å². The molecule has 14 heteroatoms. The first-order valence-corrected chi connectivity index (χ1v) is 14.9. The van der Waals surface area contributed by atoms with Crippen molar-refractivity contribution in [3.63, 3.8) is 0 Å². The van der Waals surface area contributed by atoms with Gasteiger partial charge in [-0.05, 0) is 18.5 Å². The van der Waals surface area contributed by atoms with Gasteiger partial charge in [0.1, 0.15) is 29.0 Å². The number of carbonyl (C=O) groups excluding carboxylic acids is 1. The lowest BCUT2D eigenvalue weighted by Crippen LogP contribution is -2.55. The van der Waals surface area contributed by atoms with Crippen LogP contribution in [0.1, 0.15) is 6.42 Å². The number of benzene rings is 2. The molecule has 2 aliphatic heterocycles. The van der Waals surface area contributed by atoms with Crippen LogP contribution in [0.25, 0.3) is 32.9 Å². The van der Waals surface area contributed by atoms with Crippen molar-refractivity contribution in [2.75, 3.05) is 51.3 Å². The fourth-order valence-electron chi connectivity index (χ4n) is 6.15. The second kappa shape index (κ2) is 12.7. The van der Waals surface area contributed by atoms with E-state index in [1.807, 2.05) is 11.0 Å². The monoisotopic (exact) mass is 653 g/mol. The zero-order chi connectivity index (χ0) is 32.7. The number of nitrogens with zero attached hydrogens (tertiary/aromatic N) is 7. The van der Waals surface area contributed by atoms with Gasteiger partial charge in [-0.2, -0.15) is 15.2 Å². The number of piperazine rings is 1. The predicted octanol–water partition coefficient (Wildman–Crippen LogP) is 5.47. The van der Waals surface area contributed by atoms with Crippen LogP contribution in [0.4, 0.5) is 23.4 Å². The molecule has 0 spiro atoms. The lowest BCUT2D eigenvalue weighted by atomic mass is 10.0. The van der Waals surface area contributed by atoms with Gasteiger partial charge in [0.15, 0.2) is 11.6 Å². The van der Waals surface area contributed by atoms with Crippen molar-refractivity contribution < 1.29 is 27.1 Å². The summed E-state index contributed by atoms with van der Waals surface area (Å²) in [6, 6.07) is 8.80. The summed E-state index contributed by atoms with van der Waals surface area (Å²) >= 11 is 6.33. The quantitative estimate of drug-likeness (QED) is 0.191. The van der Waals surface area contributed by atoms with Gasteiger partial charge >= 0.3 is 6.01 Å². The minimum atomic E-state index is -1.14. The average Bonchev–Trinajstić information content (AvgIpc) is 3.37. The molecule has 6 rings (SSSR count). The molecular weight excluding hydrogens is 626 g/mol. The summed E-state index contributed by atoms with van der Waals surface area (Å²) in [6.45, 7) is 3.96. The SMILES string of the molecule is C=C(F)C(=O)N1CCN(c2nc(OC[C@@H]3CN(C)C[C@@H]3F)nc3c(F)c(-c4cccc5ccc(F)c(Cl)c45)ncc23)C[C@@H]1CC#N. The molecule has 0 unspecified atom stereocenters. The molecule has 0 saturated carbocycles. The lowest BCUT2D eigenvalue weighted by Gasteiger charge is -2.41. The first-order chi connectivity index (χ1) is 22.1. The minimum Gasteiger partial charge on any atom is -0.463 e. The molecule has 0 bridgehead atoms. The van der Waals surface area contributed by atoms with Gasteiger partial charge in [-0.15, -0.1) is 0 Å². The molecule has 0 radical (unpaired) electrons. The summed E-state index contributed by atoms with van der Waals surface area (Å²) in [5.41, 5.74) is -0.0602. The zero-order valence-electron chi connectivity index (χ0n) is 24.7. The number of likely N-dealkylation sites (tertiary alicyclic amines) is 1. The smallest absolute Gasteiger partial charge is 0.319 e. The largest absolute Gasteiger partial charge is 0.463 e. The number of amides is 1. The summed E-state index contributed by atoms with van der Waals surface area (Å²) in [7, 11) is 1.80. The van der Waals surface area contributed by atoms with Crippen LogP contribution >= 0.6 is 11.6 Å². The van der Waals surface area contributed by atoms with Gasteiger partial charge in [-0.1, -0.05) is 42.4 Å². The van der Waals surface area contributed by atoms with Gasteiger partial charge in [-0.25, -0.2) is 17.6 Å². The van der Waals surface area contributed by atoms with Gasteiger partial charge in [0.2, 0.25) is 0 Å². The molecule has 4 heterocycles. The summed E-state index contributed by atoms with van der Waals surface area (Å²) in [6.07, 6.45) is 0.142. The van der Waals surface area contributed by atoms with Crippen molar-refractivity contribution in [3.8, 4) is 23.3 Å². The molecular formula is C32H28ClF4N7O2. The van der Waals surface area contributed by atoms with Crippen LogP contribution in [0.5, 0.6) is 6.01 Å². The Morgan fingerprint density at radius 3 is 2.70 bits per heavy atom. The van der Waals surface area contributed by atoms with Crippen molar-refractivity contribution in [1.29, 1.82) is 5.26 Å². The molecule has 0 N–H and O–H groups in total. The predicted molar refractivity (Wildman–Crippen MR) is 165 cm³/mol. The molecule has 238 valence electrons. The van der Waals surface area contributed by atoms with Crippen LogP contribution in [-0.2, 0) is 4.79 Å². The van der Waals surface area contributed by atoms with Crippen LogP contribution in [0.15, 0.2) is 48.9 Å². The number of halogens is 5. The highest BCUT2D eigenvalue weighted by molar-refractivity contribution is 6.36. The number of fused-ring (bicyclic) bond motifs is 2. The third-order valence-electron chi connectivity index (χ3n) is 8.41. The standard InChI is InChI=1S/C32H28ClF4N7O2/c1-17(34)31(45)44-11-10-43(14-20(44)8-9-38)30-22-12-39-28(21-5-3-4-18-6-7-23(35)26(33)25(18)21)27(37)29(22)40-32(41-30)46-16-19-13-42(2)15-24(19)36/h3-7,12,19-20,24H,1,8,10-11,13-16H2,2H3/t19-,20-,24-/m0/s1. The van der Waals surface area contributed by atoms with E-state index in [1.165, 1.54) is 23.2 Å². The van der Waals surface area contributed by atoms with Crippen LogP contribution in [0, 0.1) is 28.9 Å². The highest BCUT2D eigenvalue weighted by Gasteiger charge is 2.35. The molecule has 2 fully saturated rings. The van der Waals surface area contributed by atoms with Crippen molar-refractivity contribution in [2.45, 2.75) is 18.6 Å². The zero-order valence-corrected chi connectivity index (χ0v) is 25.4. The lowest BCUT2D eigenvalue weighted by molar-refractivity contribution is -0.131. The number of carbonyl (C=O) groups is 1. The van der Waals surface area contributed by atoms with Crippen LogP contribution in [0.3, 0.4) is 0 Å². The Morgan fingerprint density at radius 2 is 1.98 bits per heavy atom. The second-order valence-electron chi connectivity index (χ2n) is 11.5. The Bertz CT molecular complexity index is 1900. The highest BCUT2D eigenvalue weighted by atomic mass is 35.5. The van der Waals surface area contributed by atoms with Crippen LogP contribution in [0.2, 0.25) is 5.02 Å². The number of nitriles is 1. The summed E-state index contributed by atoms with van der Waals surface area (Å²) in [5, 5.41) is 10.3.